The van der Waals surface area contributed by atoms with Gasteiger partial charge in [0, 0.05) is 45.2 Å². The Labute approximate surface area is 242 Å². The molecule has 41 heavy (non-hydrogen) atoms. The molecular formula is C32H39N5O4. The van der Waals surface area contributed by atoms with Gasteiger partial charge in [-0.2, -0.15) is 0 Å². The Hall–Kier alpha value is -4.24. The molecule has 0 unspecified atom stereocenters. The summed E-state index contributed by atoms with van der Waals surface area (Å²) in [6.45, 7) is 11.7. The zero-order valence-corrected chi connectivity index (χ0v) is 24.6. The summed E-state index contributed by atoms with van der Waals surface area (Å²) in [7, 11) is 1.68. The van der Waals surface area contributed by atoms with Gasteiger partial charge >= 0.3 is 0 Å². The van der Waals surface area contributed by atoms with Gasteiger partial charge in [-0.15, -0.1) is 0 Å². The molecule has 3 aromatic rings. The van der Waals surface area contributed by atoms with E-state index in [1.807, 2.05) is 13.0 Å². The van der Waals surface area contributed by atoms with Crippen LogP contribution in [0, 0.1) is 13.8 Å². The van der Waals surface area contributed by atoms with Gasteiger partial charge < -0.3 is 15.0 Å². The summed E-state index contributed by atoms with van der Waals surface area (Å²) >= 11 is 0. The number of fused-ring (bicyclic) bond motifs is 2. The van der Waals surface area contributed by atoms with E-state index in [2.05, 4.69) is 42.0 Å². The Morgan fingerprint density at radius 3 is 2.46 bits per heavy atom. The molecule has 2 heterocycles. The van der Waals surface area contributed by atoms with Crippen molar-refractivity contribution < 1.29 is 19.1 Å². The first kappa shape index (κ1) is 29.7. The summed E-state index contributed by atoms with van der Waals surface area (Å²) in [6, 6.07) is 14.5. The number of hydrogen-bond acceptors (Lipinski definition) is 6. The van der Waals surface area contributed by atoms with E-state index in [0.29, 0.717) is 35.8 Å². The highest BCUT2D eigenvalue weighted by molar-refractivity contribution is 6.17. The number of anilines is 3. The lowest BCUT2D eigenvalue weighted by molar-refractivity contribution is -0.133. The molecule has 3 amide bonds. The fraction of sp³-hybridized carbons (Fsp3) is 0.375. The van der Waals surface area contributed by atoms with Gasteiger partial charge in [0.25, 0.3) is 5.91 Å². The predicted molar refractivity (Wildman–Crippen MR) is 161 cm³/mol. The smallest absolute Gasteiger partial charge is 0.257 e. The molecule has 0 spiro atoms. The van der Waals surface area contributed by atoms with Crippen LogP contribution in [0.15, 0.2) is 54.7 Å². The first-order chi connectivity index (χ1) is 19.8. The lowest BCUT2D eigenvalue weighted by Gasteiger charge is -2.27. The Kier molecular flexibility index (Phi) is 9.73. The molecule has 1 N–H and O–H groups in total. The van der Waals surface area contributed by atoms with Crippen molar-refractivity contribution >= 4 is 34.9 Å². The molecule has 9 nitrogen and oxygen atoms in total. The lowest BCUT2D eigenvalue weighted by atomic mass is 10.0. The van der Waals surface area contributed by atoms with Crippen LogP contribution in [0.5, 0.6) is 5.75 Å². The van der Waals surface area contributed by atoms with Crippen LogP contribution >= 0.6 is 0 Å². The molecule has 4 rings (SSSR count). The highest BCUT2D eigenvalue weighted by atomic mass is 16.5. The number of rotatable bonds is 11. The second-order valence-corrected chi connectivity index (χ2v) is 10.1. The van der Waals surface area contributed by atoms with Crippen LogP contribution in [-0.2, 0) is 16.1 Å². The van der Waals surface area contributed by atoms with Gasteiger partial charge in [0.2, 0.25) is 11.8 Å². The quantitative estimate of drug-likeness (QED) is 0.353. The second-order valence-electron chi connectivity index (χ2n) is 10.1. The van der Waals surface area contributed by atoms with Gasteiger partial charge in [-0.05, 0) is 74.3 Å². The van der Waals surface area contributed by atoms with E-state index in [-0.39, 0.29) is 30.6 Å². The number of para-hydroxylation sites is 1. The Morgan fingerprint density at radius 2 is 1.73 bits per heavy atom. The van der Waals surface area contributed by atoms with Crippen molar-refractivity contribution in [1.82, 2.24) is 14.8 Å². The summed E-state index contributed by atoms with van der Waals surface area (Å²) in [4.78, 5) is 49.6. The Balaban J connectivity index is 1.41. The summed E-state index contributed by atoms with van der Waals surface area (Å²) in [5.74, 6) is 0.556. The van der Waals surface area contributed by atoms with Crippen molar-refractivity contribution in [2.45, 2.75) is 47.1 Å². The number of amides is 3. The van der Waals surface area contributed by atoms with Gasteiger partial charge in [-0.1, -0.05) is 25.1 Å². The van der Waals surface area contributed by atoms with Crippen LogP contribution in [-0.4, -0.2) is 65.8 Å². The molecule has 0 fully saturated rings. The predicted octanol–water partition coefficient (Wildman–Crippen LogP) is 5.09. The molecule has 0 saturated heterocycles. The number of nitrogens with zero attached hydrogens (tertiary/aromatic N) is 4. The Bertz CT molecular complexity index is 1420. The summed E-state index contributed by atoms with van der Waals surface area (Å²) < 4.78 is 5.45. The van der Waals surface area contributed by atoms with Crippen molar-refractivity contribution in [1.29, 1.82) is 0 Å². The monoisotopic (exact) mass is 557 g/mol. The molecule has 0 atom stereocenters. The minimum Gasteiger partial charge on any atom is -0.496 e. The normalized spacial score (nSPS) is 12.3. The summed E-state index contributed by atoms with van der Waals surface area (Å²) in [6.07, 6.45) is 1.64. The van der Waals surface area contributed by atoms with Crippen molar-refractivity contribution in [3.8, 4) is 5.75 Å². The second kappa shape index (κ2) is 13.4. The zero-order valence-electron chi connectivity index (χ0n) is 24.6. The zero-order chi connectivity index (χ0) is 29.5. The molecule has 2 aromatic carbocycles. The molecule has 9 heteroatoms. The van der Waals surface area contributed by atoms with Crippen LogP contribution in [0.25, 0.3) is 0 Å². The molecule has 0 radical (unpaired) electrons. The van der Waals surface area contributed by atoms with Crippen LogP contribution in [0.3, 0.4) is 0 Å². The van der Waals surface area contributed by atoms with E-state index in [4.69, 9.17) is 4.74 Å². The summed E-state index contributed by atoms with van der Waals surface area (Å²) in [5.41, 5.74) is 4.88. The number of likely N-dealkylation sites (N-methyl/N-ethyl adjacent to an activating group) is 2. The molecule has 0 bridgehead atoms. The highest BCUT2D eigenvalue weighted by Crippen LogP contribution is 2.36. The Morgan fingerprint density at radius 1 is 0.951 bits per heavy atom. The number of hydrogen-bond donors (Lipinski definition) is 1. The number of pyridine rings is 1. The van der Waals surface area contributed by atoms with Crippen LogP contribution in [0.2, 0.25) is 0 Å². The average molecular weight is 558 g/mol. The molecule has 216 valence electrons. The van der Waals surface area contributed by atoms with Crippen LogP contribution in [0.4, 0.5) is 17.2 Å². The molecule has 1 aliphatic rings. The fourth-order valence-electron chi connectivity index (χ4n) is 5.13. The van der Waals surface area contributed by atoms with Gasteiger partial charge in [-0.25, -0.2) is 4.98 Å². The standard InChI is InChI=1S/C32H39N5O4/c1-6-35(21-24-14-15-28(41-5)23(4)22(24)3)19-20-36(7-2)29(38)16-17-30(39)37-27-13-9-8-11-25(27)32(40)34-26-12-10-18-33-31(26)37/h8-15,18H,6-7,16-17,19-21H2,1-5H3,(H,34,40). The van der Waals surface area contributed by atoms with Crippen molar-refractivity contribution in [2.75, 3.05) is 43.5 Å². The third-order valence-electron chi connectivity index (χ3n) is 7.77. The number of ether oxygens (including phenoxy) is 1. The number of carbonyl (C=O) groups is 3. The van der Waals surface area contributed by atoms with E-state index in [1.54, 1.807) is 54.6 Å². The number of methoxy groups -OCH3 is 1. The first-order valence-electron chi connectivity index (χ1n) is 14.1. The largest absolute Gasteiger partial charge is 0.496 e. The van der Waals surface area contributed by atoms with E-state index in [9.17, 15) is 14.4 Å². The van der Waals surface area contributed by atoms with Crippen LogP contribution in [0.1, 0.15) is 53.7 Å². The van der Waals surface area contributed by atoms with Gasteiger partial charge in [0.05, 0.1) is 24.0 Å². The van der Waals surface area contributed by atoms with E-state index >= 15 is 0 Å². The minimum absolute atomic E-state index is 0.00428. The maximum Gasteiger partial charge on any atom is 0.257 e. The lowest BCUT2D eigenvalue weighted by Crippen LogP contribution is -2.39. The number of benzene rings is 2. The van der Waals surface area contributed by atoms with E-state index < -0.39 is 0 Å². The SMILES string of the molecule is CCN(CCN(CC)C(=O)CCC(=O)N1c2ccccc2C(=O)Nc2cccnc21)Cc1ccc(OC)c(C)c1C. The molecule has 0 saturated carbocycles. The van der Waals surface area contributed by atoms with Gasteiger partial charge in [0.1, 0.15) is 5.75 Å². The first-order valence-corrected chi connectivity index (χ1v) is 14.1. The number of aromatic nitrogens is 1. The van der Waals surface area contributed by atoms with Crippen molar-refractivity contribution in [2.24, 2.45) is 0 Å². The van der Waals surface area contributed by atoms with Crippen LogP contribution < -0.4 is 15.0 Å². The average Bonchev–Trinajstić information content (AvgIpc) is 3.11. The minimum atomic E-state index is -0.307. The highest BCUT2D eigenvalue weighted by Gasteiger charge is 2.30. The molecular weight excluding hydrogens is 518 g/mol. The molecule has 0 aliphatic carbocycles. The van der Waals surface area contributed by atoms with E-state index in [1.165, 1.54) is 16.0 Å². The third kappa shape index (κ3) is 6.57. The van der Waals surface area contributed by atoms with E-state index in [0.717, 1.165) is 30.9 Å². The molecule has 1 aromatic heterocycles. The summed E-state index contributed by atoms with van der Waals surface area (Å²) in [5, 5.41) is 2.84. The number of carbonyl (C=O) groups excluding carboxylic acids is 3. The number of nitrogens with one attached hydrogen (secondary N) is 1. The van der Waals surface area contributed by atoms with Gasteiger partial charge in [0.15, 0.2) is 5.82 Å². The topological polar surface area (TPSA) is 95.1 Å². The maximum atomic E-state index is 13.6. The van der Waals surface area contributed by atoms with Gasteiger partial charge in [-0.3, -0.25) is 24.2 Å². The van der Waals surface area contributed by atoms with Crippen molar-refractivity contribution in [3.05, 3.63) is 77.0 Å². The maximum absolute atomic E-state index is 13.6. The fourth-order valence-corrected chi connectivity index (χ4v) is 5.13. The third-order valence-corrected chi connectivity index (χ3v) is 7.77. The molecule has 1 aliphatic heterocycles. The van der Waals surface area contributed by atoms with Crippen molar-refractivity contribution in [3.63, 3.8) is 0 Å².